The summed E-state index contributed by atoms with van der Waals surface area (Å²) >= 11 is 0. The molecule has 0 bridgehead atoms. The summed E-state index contributed by atoms with van der Waals surface area (Å²) in [5.41, 5.74) is 1.68. The number of fused-ring (bicyclic) bond motifs is 2. The lowest BCUT2D eigenvalue weighted by atomic mass is 10.0. The van der Waals surface area contributed by atoms with E-state index in [2.05, 4.69) is 16.1 Å². The smallest absolute Gasteiger partial charge is 0.272 e. The standard InChI is InChI=1S/C27H22FN5O2S/c1-33-16-25-23(26(33)27(34)31-21-9-11-24(28)20(14-21)15-29)10-8-22(32-36(25,30)35)13-17-6-7-18-4-2-3-5-19(18)12-17/h2-12,14,16,22H,13H2,1H3,(H,31,34)(H2,30,32,35)/t22-,36?/m1/s1. The zero-order chi connectivity index (χ0) is 25.4. The van der Waals surface area contributed by atoms with Crippen LogP contribution in [-0.2, 0) is 23.4 Å². The van der Waals surface area contributed by atoms with E-state index in [1.54, 1.807) is 19.2 Å². The first-order chi connectivity index (χ1) is 17.2. The number of rotatable bonds is 4. The van der Waals surface area contributed by atoms with Gasteiger partial charge < -0.3 is 9.88 Å². The zero-order valence-electron chi connectivity index (χ0n) is 19.3. The number of carbonyl (C=O) groups excluding carboxylic acids is 1. The van der Waals surface area contributed by atoms with Gasteiger partial charge in [-0.25, -0.2) is 18.1 Å². The van der Waals surface area contributed by atoms with Crippen LogP contribution in [0.4, 0.5) is 10.1 Å². The van der Waals surface area contributed by atoms with Crippen molar-refractivity contribution in [2.45, 2.75) is 17.4 Å². The van der Waals surface area contributed by atoms with Gasteiger partial charge >= 0.3 is 0 Å². The topological polar surface area (TPSA) is 111 Å². The van der Waals surface area contributed by atoms with E-state index in [0.717, 1.165) is 22.4 Å². The maximum Gasteiger partial charge on any atom is 0.272 e. The molecule has 4 aromatic rings. The molecule has 1 aliphatic rings. The molecule has 1 aliphatic heterocycles. The van der Waals surface area contributed by atoms with E-state index in [4.69, 9.17) is 10.0 Å². The van der Waals surface area contributed by atoms with Crippen LogP contribution in [0.1, 0.15) is 27.2 Å². The molecule has 36 heavy (non-hydrogen) atoms. The van der Waals surface area contributed by atoms with Crippen LogP contribution in [0, 0.1) is 21.9 Å². The van der Waals surface area contributed by atoms with Gasteiger partial charge in [0.05, 0.1) is 10.5 Å². The highest BCUT2D eigenvalue weighted by Crippen LogP contribution is 2.28. The Hall–Kier alpha value is -4.26. The van der Waals surface area contributed by atoms with Gasteiger partial charge in [-0.15, -0.1) is 0 Å². The van der Waals surface area contributed by atoms with Gasteiger partial charge in [-0.2, -0.15) is 5.26 Å². The molecule has 9 heteroatoms. The molecule has 5 rings (SSSR count). The van der Waals surface area contributed by atoms with E-state index in [-0.39, 0.29) is 27.9 Å². The maximum absolute atomic E-state index is 13.7. The molecule has 1 unspecified atom stereocenters. The molecule has 1 amide bonds. The number of anilines is 1. The number of carbonyl (C=O) groups is 1. The molecule has 2 heterocycles. The van der Waals surface area contributed by atoms with Gasteiger partial charge in [-0.1, -0.05) is 54.6 Å². The fraction of sp³-hybridized carbons (Fsp3) is 0.111. The Morgan fingerprint density at radius 1 is 1.19 bits per heavy atom. The number of halogens is 1. The third-order valence-corrected chi connectivity index (χ3v) is 7.72. The molecule has 2 atom stereocenters. The van der Waals surface area contributed by atoms with Gasteiger partial charge in [-0.3, -0.25) is 4.79 Å². The molecule has 1 aromatic heterocycles. The Balaban J connectivity index is 1.45. The number of nitrogens with one attached hydrogen (secondary N) is 3. The minimum absolute atomic E-state index is 0.187. The summed E-state index contributed by atoms with van der Waals surface area (Å²) < 4.78 is 40.1. The van der Waals surface area contributed by atoms with E-state index < -0.39 is 21.6 Å². The summed E-state index contributed by atoms with van der Waals surface area (Å²) in [5, 5.41) is 14.0. The number of aromatic nitrogens is 1. The van der Waals surface area contributed by atoms with E-state index in [1.165, 1.54) is 22.9 Å². The minimum Gasteiger partial charge on any atom is -0.345 e. The predicted octanol–water partition coefficient (Wildman–Crippen LogP) is 4.99. The molecule has 0 saturated carbocycles. The lowest BCUT2D eigenvalue weighted by molar-refractivity contribution is 0.101. The predicted molar refractivity (Wildman–Crippen MR) is 137 cm³/mol. The van der Waals surface area contributed by atoms with Crippen molar-refractivity contribution in [3.05, 3.63) is 101 Å². The third-order valence-electron chi connectivity index (χ3n) is 6.14. The number of benzene rings is 3. The van der Waals surface area contributed by atoms with Gasteiger partial charge in [-0.05, 0) is 41.0 Å². The van der Waals surface area contributed by atoms with Gasteiger partial charge in [0.2, 0.25) is 0 Å². The number of amides is 1. The molecular formula is C27H22FN5O2S. The van der Waals surface area contributed by atoms with Crippen molar-refractivity contribution in [1.82, 2.24) is 9.29 Å². The second-order valence-corrected chi connectivity index (χ2v) is 10.4. The van der Waals surface area contributed by atoms with Crippen LogP contribution in [0.15, 0.2) is 77.8 Å². The van der Waals surface area contributed by atoms with E-state index in [0.29, 0.717) is 12.0 Å². The Labute approximate surface area is 208 Å². The summed E-state index contributed by atoms with van der Waals surface area (Å²) in [6.07, 6.45) is 5.57. The van der Waals surface area contributed by atoms with Crippen molar-refractivity contribution in [1.29, 1.82) is 10.0 Å². The first-order valence-corrected chi connectivity index (χ1v) is 12.7. The highest BCUT2D eigenvalue weighted by atomic mass is 32.2. The lowest BCUT2D eigenvalue weighted by Gasteiger charge is -2.15. The van der Waals surface area contributed by atoms with Gasteiger partial charge in [0.1, 0.15) is 27.5 Å². The second-order valence-electron chi connectivity index (χ2n) is 8.65. The molecule has 0 radical (unpaired) electrons. The number of hydrogen-bond acceptors (Lipinski definition) is 4. The Morgan fingerprint density at radius 3 is 2.75 bits per heavy atom. The molecule has 3 aromatic carbocycles. The average molecular weight is 500 g/mol. The van der Waals surface area contributed by atoms with Crippen molar-refractivity contribution < 1.29 is 13.4 Å². The highest BCUT2D eigenvalue weighted by molar-refractivity contribution is 7.90. The normalized spacial score (nSPS) is 18.9. The van der Waals surface area contributed by atoms with Gasteiger partial charge in [0.25, 0.3) is 5.91 Å². The van der Waals surface area contributed by atoms with Crippen LogP contribution < -0.4 is 10.0 Å². The summed E-state index contributed by atoms with van der Waals surface area (Å²) in [6, 6.07) is 19.2. The van der Waals surface area contributed by atoms with Crippen LogP contribution in [0.25, 0.3) is 16.8 Å². The largest absolute Gasteiger partial charge is 0.345 e. The number of nitrogens with zero attached hydrogens (tertiary/aromatic N) is 2. The summed E-state index contributed by atoms with van der Waals surface area (Å²) in [7, 11) is -1.79. The molecule has 0 fully saturated rings. The number of nitriles is 1. The average Bonchev–Trinajstić information content (AvgIpc) is 3.14. The number of hydrogen-bond donors (Lipinski definition) is 3. The second kappa shape index (κ2) is 9.07. The third kappa shape index (κ3) is 4.40. The van der Waals surface area contributed by atoms with Crippen LogP contribution in [0.2, 0.25) is 0 Å². The maximum atomic E-state index is 13.7. The van der Waals surface area contributed by atoms with Crippen molar-refractivity contribution in [2.24, 2.45) is 7.05 Å². The fourth-order valence-corrected chi connectivity index (χ4v) is 5.92. The molecule has 0 spiro atoms. The molecule has 0 aliphatic carbocycles. The Bertz CT molecular complexity index is 1700. The van der Waals surface area contributed by atoms with Crippen LogP contribution in [0.3, 0.4) is 0 Å². The molecule has 7 nitrogen and oxygen atoms in total. The first-order valence-electron chi connectivity index (χ1n) is 11.2. The Morgan fingerprint density at radius 2 is 1.97 bits per heavy atom. The summed E-state index contributed by atoms with van der Waals surface area (Å²) in [6.45, 7) is 0. The molecule has 3 N–H and O–H groups in total. The SMILES string of the molecule is Cn1cc2c(c1C(=O)Nc1ccc(F)c(C#N)c1)C=C[C@H](Cc1ccc3ccccc3c1)NS2(=N)=O. The van der Waals surface area contributed by atoms with Gasteiger partial charge in [0.15, 0.2) is 0 Å². The lowest BCUT2D eigenvalue weighted by Crippen LogP contribution is -2.33. The van der Waals surface area contributed by atoms with E-state index in [9.17, 15) is 13.4 Å². The van der Waals surface area contributed by atoms with Crippen molar-refractivity contribution in [3.8, 4) is 6.07 Å². The highest BCUT2D eigenvalue weighted by Gasteiger charge is 2.28. The quantitative estimate of drug-likeness (QED) is 0.368. The summed E-state index contributed by atoms with van der Waals surface area (Å²) in [5.74, 6) is -1.20. The van der Waals surface area contributed by atoms with Crippen molar-refractivity contribution in [3.63, 3.8) is 0 Å². The van der Waals surface area contributed by atoms with Crippen molar-refractivity contribution >= 4 is 38.4 Å². The van der Waals surface area contributed by atoms with Crippen LogP contribution >= 0.6 is 0 Å². The van der Waals surface area contributed by atoms with E-state index >= 15 is 0 Å². The van der Waals surface area contributed by atoms with Crippen molar-refractivity contribution in [2.75, 3.05) is 5.32 Å². The van der Waals surface area contributed by atoms with Crippen LogP contribution in [-0.4, -0.2) is 20.7 Å². The van der Waals surface area contributed by atoms with Crippen LogP contribution in [0.5, 0.6) is 0 Å². The minimum atomic E-state index is -3.42. The zero-order valence-corrected chi connectivity index (χ0v) is 20.1. The van der Waals surface area contributed by atoms with Gasteiger partial charge in [0, 0.05) is 30.5 Å². The first kappa shape index (κ1) is 23.5. The molecule has 180 valence electrons. The molecule has 0 saturated heterocycles. The monoisotopic (exact) mass is 499 g/mol. The van der Waals surface area contributed by atoms with E-state index in [1.807, 2.05) is 42.5 Å². The number of aryl methyl sites for hydroxylation is 1. The Kier molecular flexibility index (Phi) is 5.92. The molecular weight excluding hydrogens is 477 g/mol. The summed E-state index contributed by atoms with van der Waals surface area (Å²) in [4.78, 5) is 13.4. The fourth-order valence-electron chi connectivity index (χ4n) is 4.43.